The topological polar surface area (TPSA) is 61.0 Å². The third kappa shape index (κ3) is 5.46. The molecule has 1 heterocycles. The Hall–Kier alpha value is -2.08. The number of rotatable bonds is 7. The van der Waals surface area contributed by atoms with Crippen LogP contribution in [0.2, 0.25) is 0 Å². The summed E-state index contributed by atoms with van der Waals surface area (Å²) in [4.78, 5) is 8.16. The minimum Gasteiger partial charge on any atom is -0.491 e. The maximum Gasteiger partial charge on any atom is 0.267 e. The van der Waals surface area contributed by atoms with Crippen molar-refractivity contribution in [2.75, 3.05) is 6.61 Å². The lowest BCUT2D eigenvalue weighted by atomic mass is 9.93. The van der Waals surface area contributed by atoms with Crippen LogP contribution < -0.4 is 10.5 Å². The zero-order chi connectivity index (χ0) is 18.6. The van der Waals surface area contributed by atoms with Crippen LogP contribution >= 0.6 is 0 Å². The molecule has 0 aliphatic heterocycles. The zero-order valence-electron chi connectivity index (χ0n) is 15.1. The van der Waals surface area contributed by atoms with Gasteiger partial charge in [-0.25, -0.2) is 18.7 Å². The van der Waals surface area contributed by atoms with E-state index >= 15 is 0 Å². The molecule has 0 bridgehead atoms. The molecule has 0 amide bonds. The van der Waals surface area contributed by atoms with Crippen LogP contribution in [0.3, 0.4) is 0 Å². The third-order valence-corrected chi connectivity index (χ3v) is 3.78. The highest BCUT2D eigenvalue weighted by molar-refractivity contribution is 5.62. The van der Waals surface area contributed by atoms with Crippen LogP contribution in [0.15, 0.2) is 30.6 Å². The van der Waals surface area contributed by atoms with Gasteiger partial charge in [-0.1, -0.05) is 13.8 Å². The molecule has 0 fully saturated rings. The largest absolute Gasteiger partial charge is 0.491 e. The molecule has 4 nitrogen and oxygen atoms in total. The van der Waals surface area contributed by atoms with Gasteiger partial charge in [-0.3, -0.25) is 0 Å². The average molecular weight is 349 g/mol. The van der Waals surface area contributed by atoms with Crippen molar-refractivity contribution >= 4 is 0 Å². The lowest BCUT2D eigenvalue weighted by Crippen LogP contribution is -2.43. The van der Waals surface area contributed by atoms with Crippen molar-refractivity contribution in [1.82, 2.24) is 9.97 Å². The lowest BCUT2D eigenvalue weighted by Gasteiger charge is -2.27. The van der Waals surface area contributed by atoms with Crippen LogP contribution in [0.25, 0.3) is 11.3 Å². The standard InChI is InChI=1S/C19H25F2N3O/c1-12(2)9-19(4,22)10-25-17-6-5-14(8-15(17)18(20)21)16-7-13(3)23-11-24-16/h5-8,11-12,18H,9-10,22H2,1-4H3. The normalized spacial score (nSPS) is 14.0. The van der Waals surface area contributed by atoms with Crippen molar-refractivity contribution in [2.45, 2.75) is 46.1 Å². The number of aromatic nitrogens is 2. The van der Waals surface area contributed by atoms with Crippen LogP contribution in [0.4, 0.5) is 8.78 Å². The number of hydrogen-bond acceptors (Lipinski definition) is 4. The fourth-order valence-electron chi connectivity index (χ4n) is 2.86. The van der Waals surface area contributed by atoms with Gasteiger partial charge in [0.25, 0.3) is 6.43 Å². The molecule has 0 saturated heterocycles. The fourth-order valence-corrected chi connectivity index (χ4v) is 2.86. The van der Waals surface area contributed by atoms with Gasteiger partial charge in [0.05, 0.1) is 11.3 Å². The monoisotopic (exact) mass is 349 g/mol. The van der Waals surface area contributed by atoms with Crippen molar-refractivity contribution in [3.8, 4) is 17.0 Å². The zero-order valence-corrected chi connectivity index (χ0v) is 15.1. The van der Waals surface area contributed by atoms with Crippen molar-refractivity contribution < 1.29 is 13.5 Å². The molecular weight excluding hydrogens is 324 g/mol. The van der Waals surface area contributed by atoms with E-state index < -0.39 is 12.0 Å². The maximum absolute atomic E-state index is 13.5. The summed E-state index contributed by atoms with van der Waals surface area (Å²) in [6, 6.07) is 6.45. The number of alkyl halides is 2. The second-order valence-corrected chi connectivity index (χ2v) is 7.14. The first kappa shape index (κ1) is 19.2. The first-order valence-electron chi connectivity index (χ1n) is 8.31. The first-order chi connectivity index (χ1) is 11.7. The average Bonchev–Trinajstić information content (AvgIpc) is 2.51. The van der Waals surface area contributed by atoms with Crippen molar-refractivity contribution in [3.63, 3.8) is 0 Å². The number of hydrogen-bond donors (Lipinski definition) is 1. The fraction of sp³-hybridized carbons (Fsp3) is 0.474. The Morgan fingerprint density at radius 2 is 1.92 bits per heavy atom. The summed E-state index contributed by atoms with van der Waals surface area (Å²) in [7, 11) is 0. The molecule has 2 rings (SSSR count). The third-order valence-electron chi connectivity index (χ3n) is 3.78. The Kier molecular flexibility index (Phi) is 6.06. The predicted octanol–water partition coefficient (Wildman–Crippen LogP) is 4.53. The molecule has 1 unspecified atom stereocenters. The van der Waals surface area contributed by atoms with E-state index in [1.165, 1.54) is 12.4 Å². The van der Waals surface area contributed by atoms with Gasteiger partial charge in [-0.05, 0) is 50.5 Å². The van der Waals surface area contributed by atoms with Gasteiger partial charge in [0.1, 0.15) is 18.7 Å². The van der Waals surface area contributed by atoms with E-state index in [2.05, 4.69) is 23.8 Å². The second kappa shape index (κ2) is 7.87. The first-order valence-corrected chi connectivity index (χ1v) is 8.31. The van der Waals surface area contributed by atoms with Crippen LogP contribution in [0.5, 0.6) is 5.75 Å². The predicted molar refractivity (Wildman–Crippen MR) is 94.7 cm³/mol. The second-order valence-electron chi connectivity index (χ2n) is 7.14. The molecule has 2 aromatic rings. The molecule has 6 heteroatoms. The van der Waals surface area contributed by atoms with Gasteiger partial charge in [0.2, 0.25) is 0 Å². The molecule has 2 N–H and O–H groups in total. The Labute approximate surface area is 147 Å². The highest BCUT2D eigenvalue weighted by Gasteiger charge is 2.23. The molecule has 0 spiro atoms. The molecule has 25 heavy (non-hydrogen) atoms. The van der Waals surface area contributed by atoms with Gasteiger partial charge in [0.15, 0.2) is 0 Å². The number of ether oxygens (including phenoxy) is 1. The smallest absolute Gasteiger partial charge is 0.267 e. The molecule has 0 aliphatic rings. The molecule has 1 atom stereocenters. The van der Waals surface area contributed by atoms with Crippen molar-refractivity contribution in [1.29, 1.82) is 0 Å². The van der Waals surface area contributed by atoms with E-state index in [4.69, 9.17) is 10.5 Å². The van der Waals surface area contributed by atoms with Gasteiger partial charge in [-0.2, -0.15) is 0 Å². The van der Waals surface area contributed by atoms with E-state index in [9.17, 15) is 8.78 Å². The van der Waals surface area contributed by atoms with Crippen LogP contribution in [-0.2, 0) is 0 Å². The highest BCUT2D eigenvalue weighted by atomic mass is 19.3. The summed E-state index contributed by atoms with van der Waals surface area (Å²) < 4.78 is 32.6. The molecule has 0 radical (unpaired) electrons. The highest BCUT2D eigenvalue weighted by Crippen LogP contribution is 2.33. The van der Waals surface area contributed by atoms with E-state index in [-0.39, 0.29) is 17.9 Å². The SMILES string of the molecule is Cc1cc(-c2ccc(OCC(C)(N)CC(C)C)c(C(F)F)c2)ncn1. The van der Waals surface area contributed by atoms with E-state index in [1.54, 1.807) is 18.2 Å². The minimum absolute atomic E-state index is 0.157. The number of aryl methyl sites for hydroxylation is 1. The number of nitrogens with two attached hydrogens (primary N) is 1. The Balaban J connectivity index is 2.25. The quantitative estimate of drug-likeness (QED) is 0.798. The minimum atomic E-state index is -2.65. The van der Waals surface area contributed by atoms with E-state index in [1.807, 2.05) is 13.8 Å². The molecule has 1 aromatic carbocycles. The number of halogens is 2. The van der Waals surface area contributed by atoms with Gasteiger partial charge >= 0.3 is 0 Å². The molecule has 0 saturated carbocycles. The lowest BCUT2D eigenvalue weighted by molar-refractivity contribution is 0.140. The summed E-state index contributed by atoms with van der Waals surface area (Å²) in [6.07, 6.45) is -0.481. The molecule has 0 aliphatic carbocycles. The summed E-state index contributed by atoms with van der Waals surface area (Å²) in [6.45, 7) is 8.00. The Morgan fingerprint density at radius 1 is 1.20 bits per heavy atom. The summed E-state index contributed by atoms with van der Waals surface area (Å²) in [5.74, 6) is 0.557. The number of nitrogens with zero attached hydrogens (tertiary/aromatic N) is 2. The summed E-state index contributed by atoms with van der Waals surface area (Å²) in [5.41, 5.74) is 7.45. The van der Waals surface area contributed by atoms with Gasteiger partial charge in [0, 0.05) is 16.8 Å². The van der Waals surface area contributed by atoms with Crippen molar-refractivity contribution in [2.24, 2.45) is 11.7 Å². The molecular formula is C19H25F2N3O. The van der Waals surface area contributed by atoms with E-state index in [0.29, 0.717) is 17.2 Å². The van der Waals surface area contributed by atoms with Gasteiger partial charge < -0.3 is 10.5 Å². The van der Waals surface area contributed by atoms with Crippen LogP contribution in [-0.4, -0.2) is 22.1 Å². The van der Waals surface area contributed by atoms with E-state index in [0.717, 1.165) is 12.1 Å². The number of benzene rings is 1. The Bertz CT molecular complexity index is 718. The molecule has 136 valence electrons. The van der Waals surface area contributed by atoms with Crippen LogP contribution in [0, 0.1) is 12.8 Å². The van der Waals surface area contributed by atoms with Crippen LogP contribution in [0.1, 0.15) is 44.9 Å². The summed E-state index contributed by atoms with van der Waals surface area (Å²) in [5, 5.41) is 0. The van der Waals surface area contributed by atoms with Crippen molar-refractivity contribution in [3.05, 3.63) is 41.9 Å². The van der Waals surface area contributed by atoms with Gasteiger partial charge in [-0.15, -0.1) is 0 Å². The maximum atomic E-state index is 13.5. The summed E-state index contributed by atoms with van der Waals surface area (Å²) >= 11 is 0. The Morgan fingerprint density at radius 3 is 2.52 bits per heavy atom. The molecule has 1 aromatic heterocycles.